The highest BCUT2D eigenvalue weighted by Crippen LogP contribution is 2.14. The molecule has 0 unspecified atom stereocenters. The average molecular weight is 222 g/mol. The zero-order valence-corrected chi connectivity index (χ0v) is 9.47. The van der Waals surface area contributed by atoms with Gasteiger partial charge >= 0.3 is 0 Å². The molecule has 2 aromatic heterocycles. The number of nitrogens with one attached hydrogen (secondary N) is 2. The summed E-state index contributed by atoms with van der Waals surface area (Å²) in [6.45, 7) is 3.99. The van der Waals surface area contributed by atoms with E-state index in [1.807, 2.05) is 11.3 Å². The Labute approximate surface area is 92.8 Å². The van der Waals surface area contributed by atoms with Gasteiger partial charge in [-0.25, -0.2) is 4.98 Å². The van der Waals surface area contributed by atoms with Crippen LogP contribution in [0, 0.1) is 6.92 Å². The number of hydrogen-bond acceptors (Lipinski definition) is 4. The van der Waals surface area contributed by atoms with Crippen LogP contribution in [0.25, 0.3) is 0 Å². The van der Waals surface area contributed by atoms with Crippen LogP contribution in [0.4, 0.5) is 0 Å². The Morgan fingerprint density at radius 1 is 1.47 bits per heavy atom. The van der Waals surface area contributed by atoms with Crippen molar-refractivity contribution in [1.82, 2.24) is 20.5 Å². The highest BCUT2D eigenvalue weighted by Gasteiger charge is 1.97. The summed E-state index contributed by atoms with van der Waals surface area (Å²) in [5.74, 6) is 0.935. The summed E-state index contributed by atoms with van der Waals surface area (Å²) in [6.07, 6.45) is 2.43. The van der Waals surface area contributed by atoms with Gasteiger partial charge in [0.2, 0.25) is 0 Å². The number of aryl methyl sites for hydroxylation is 1. The van der Waals surface area contributed by atoms with Crippen molar-refractivity contribution in [3.8, 4) is 0 Å². The second-order valence-corrected chi connectivity index (χ2v) is 4.74. The molecule has 0 fully saturated rings. The maximum absolute atomic E-state index is 4.06. The van der Waals surface area contributed by atoms with E-state index in [1.54, 1.807) is 0 Å². The molecule has 0 amide bonds. The van der Waals surface area contributed by atoms with Gasteiger partial charge in [0.1, 0.15) is 12.2 Å². The molecule has 0 radical (unpaired) electrons. The van der Waals surface area contributed by atoms with Gasteiger partial charge in [-0.1, -0.05) is 0 Å². The first-order valence-electron chi connectivity index (χ1n) is 4.95. The lowest BCUT2D eigenvalue weighted by Gasteiger charge is -2.00. The lowest BCUT2D eigenvalue weighted by molar-refractivity contribution is 0.677. The second-order valence-electron chi connectivity index (χ2n) is 3.37. The molecule has 4 nitrogen and oxygen atoms in total. The van der Waals surface area contributed by atoms with E-state index in [2.05, 4.69) is 39.6 Å². The minimum Gasteiger partial charge on any atom is -0.311 e. The Morgan fingerprint density at radius 3 is 3.07 bits per heavy atom. The van der Waals surface area contributed by atoms with Gasteiger partial charge in [-0.2, -0.15) is 5.10 Å². The molecule has 15 heavy (non-hydrogen) atoms. The van der Waals surface area contributed by atoms with Crippen molar-refractivity contribution < 1.29 is 0 Å². The van der Waals surface area contributed by atoms with Crippen LogP contribution in [0.3, 0.4) is 0 Å². The van der Waals surface area contributed by atoms with E-state index in [4.69, 9.17) is 0 Å². The van der Waals surface area contributed by atoms with Crippen molar-refractivity contribution in [2.45, 2.75) is 19.9 Å². The zero-order chi connectivity index (χ0) is 10.5. The number of aromatic nitrogens is 3. The fraction of sp³-hybridized carbons (Fsp3) is 0.400. The molecule has 0 saturated heterocycles. The van der Waals surface area contributed by atoms with E-state index >= 15 is 0 Å². The Balaban J connectivity index is 1.67. The third kappa shape index (κ3) is 3.14. The van der Waals surface area contributed by atoms with Crippen LogP contribution < -0.4 is 5.32 Å². The van der Waals surface area contributed by atoms with Gasteiger partial charge < -0.3 is 5.32 Å². The number of hydrogen-bond donors (Lipinski definition) is 2. The van der Waals surface area contributed by atoms with E-state index in [1.165, 1.54) is 16.1 Å². The molecule has 0 bridgehead atoms. The number of aromatic amines is 1. The maximum atomic E-state index is 4.06. The van der Waals surface area contributed by atoms with E-state index in [9.17, 15) is 0 Å². The molecule has 0 aliphatic carbocycles. The van der Waals surface area contributed by atoms with Crippen LogP contribution in [0.15, 0.2) is 18.5 Å². The first kappa shape index (κ1) is 10.3. The van der Waals surface area contributed by atoms with Crippen LogP contribution in [-0.4, -0.2) is 21.7 Å². The van der Waals surface area contributed by atoms with Crippen LogP contribution >= 0.6 is 11.3 Å². The summed E-state index contributed by atoms with van der Waals surface area (Å²) >= 11 is 1.84. The average Bonchev–Trinajstić information content (AvgIpc) is 2.84. The normalized spacial score (nSPS) is 10.7. The van der Waals surface area contributed by atoms with Crippen LogP contribution in [-0.2, 0) is 13.0 Å². The van der Waals surface area contributed by atoms with Gasteiger partial charge in [0, 0.05) is 29.3 Å². The molecule has 2 heterocycles. The molecule has 0 aliphatic rings. The van der Waals surface area contributed by atoms with Crippen LogP contribution in [0.5, 0.6) is 0 Å². The van der Waals surface area contributed by atoms with Crippen LogP contribution in [0.1, 0.15) is 15.6 Å². The summed E-state index contributed by atoms with van der Waals surface area (Å²) in [7, 11) is 0. The first-order valence-corrected chi connectivity index (χ1v) is 5.76. The summed E-state index contributed by atoms with van der Waals surface area (Å²) < 4.78 is 0. The SMILES string of the molecule is Cc1ccc(CNCCc2ncn[nH]2)s1. The van der Waals surface area contributed by atoms with Crippen LogP contribution in [0.2, 0.25) is 0 Å². The number of thiophene rings is 1. The van der Waals surface area contributed by atoms with Crippen molar-refractivity contribution in [3.05, 3.63) is 34.0 Å². The molecule has 0 saturated carbocycles. The Morgan fingerprint density at radius 2 is 2.40 bits per heavy atom. The van der Waals surface area contributed by atoms with E-state index in [0.717, 1.165) is 25.3 Å². The molecule has 0 spiro atoms. The van der Waals surface area contributed by atoms with E-state index in [0.29, 0.717) is 0 Å². The molecule has 2 rings (SSSR count). The predicted molar refractivity (Wildman–Crippen MR) is 60.8 cm³/mol. The number of nitrogens with zero attached hydrogens (tertiary/aromatic N) is 2. The number of rotatable bonds is 5. The van der Waals surface area contributed by atoms with Gasteiger partial charge in [-0.05, 0) is 19.1 Å². The molecule has 80 valence electrons. The standard InChI is InChI=1S/C10H14N4S/c1-8-2-3-9(15-8)6-11-5-4-10-12-7-13-14-10/h2-3,7,11H,4-6H2,1H3,(H,12,13,14). The smallest absolute Gasteiger partial charge is 0.137 e. The Hall–Kier alpha value is -1.20. The quantitative estimate of drug-likeness (QED) is 0.754. The topological polar surface area (TPSA) is 53.6 Å². The van der Waals surface area contributed by atoms with Crippen molar-refractivity contribution in [1.29, 1.82) is 0 Å². The predicted octanol–water partition coefficient (Wildman–Crippen LogP) is 1.51. The molecule has 2 aromatic rings. The summed E-state index contributed by atoms with van der Waals surface area (Å²) in [4.78, 5) is 6.80. The van der Waals surface area contributed by atoms with Gasteiger partial charge in [0.25, 0.3) is 0 Å². The van der Waals surface area contributed by atoms with Crippen molar-refractivity contribution in [3.63, 3.8) is 0 Å². The van der Waals surface area contributed by atoms with E-state index in [-0.39, 0.29) is 0 Å². The van der Waals surface area contributed by atoms with Crippen molar-refractivity contribution >= 4 is 11.3 Å². The second kappa shape index (κ2) is 5.04. The molecule has 5 heteroatoms. The molecular weight excluding hydrogens is 208 g/mol. The number of H-pyrrole nitrogens is 1. The fourth-order valence-corrected chi connectivity index (χ4v) is 2.21. The Bertz CT molecular complexity index is 393. The molecule has 0 aromatic carbocycles. The summed E-state index contributed by atoms with van der Waals surface area (Å²) in [5, 5.41) is 10.0. The minimum absolute atomic E-state index is 0.893. The molecule has 0 aliphatic heterocycles. The summed E-state index contributed by atoms with van der Waals surface area (Å²) in [6, 6.07) is 4.32. The van der Waals surface area contributed by atoms with Gasteiger partial charge in [0.05, 0.1) is 0 Å². The van der Waals surface area contributed by atoms with Gasteiger partial charge in [-0.15, -0.1) is 11.3 Å². The first-order chi connectivity index (χ1) is 7.34. The maximum Gasteiger partial charge on any atom is 0.137 e. The largest absolute Gasteiger partial charge is 0.311 e. The third-order valence-corrected chi connectivity index (χ3v) is 3.10. The molecular formula is C10H14N4S. The Kier molecular flexibility index (Phi) is 3.47. The summed E-state index contributed by atoms with van der Waals surface area (Å²) in [5.41, 5.74) is 0. The highest BCUT2D eigenvalue weighted by atomic mass is 32.1. The van der Waals surface area contributed by atoms with Crippen molar-refractivity contribution in [2.24, 2.45) is 0 Å². The lowest BCUT2D eigenvalue weighted by atomic mass is 10.4. The lowest BCUT2D eigenvalue weighted by Crippen LogP contribution is -2.16. The molecule has 0 atom stereocenters. The highest BCUT2D eigenvalue weighted by molar-refractivity contribution is 7.11. The molecule has 2 N–H and O–H groups in total. The van der Waals surface area contributed by atoms with Crippen molar-refractivity contribution in [2.75, 3.05) is 6.54 Å². The van der Waals surface area contributed by atoms with E-state index < -0.39 is 0 Å². The third-order valence-electron chi connectivity index (χ3n) is 2.10. The van der Waals surface area contributed by atoms with Gasteiger partial charge in [0.15, 0.2) is 0 Å². The van der Waals surface area contributed by atoms with Gasteiger partial charge in [-0.3, -0.25) is 5.10 Å². The zero-order valence-electron chi connectivity index (χ0n) is 8.66. The monoisotopic (exact) mass is 222 g/mol. The fourth-order valence-electron chi connectivity index (χ4n) is 1.35. The minimum atomic E-state index is 0.893.